The fourth-order valence-corrected chi connectivity index (χ4v) is 12.8. The van der Waals surface area contributed by atoms with Gasteiger partial charge in [-0.1, -0.05) is 67.4 Å². The van der Waals surface area contributed by atoms with Gasteiger partial charge in [-0.05, 0) is 129 Å². The summed E-state index contributed by atoms with van der Waals surface area (Å²) in [6.07, 6.45) is 8.14. The summed E-state index contributed by atoms with van der Waals surface area (Å²) < 4.78 is 6.43. The molecule has 3 unspecified atom stereocenters. The van der Waals surface area contributed by atoms with Gasteiger partial charge in [0.05, 0.1) is 36.8 Å². The summed E-state index contributed by atoms with van der Waals surface area (Å²) in [5, 5.41) is 39.8. The van der Waals surface area contributed by atoms with Crippen LogP contribution in [0.5, 0.6) is 0 Å². The Morgan fingerprint density at radius 2 is 1.64 bits per heavy atom. The van der Waals surface area contributed by atoms with Gasteiger partial charge in [0, 0.05) is 23.0 Å². The maximum absolute atomic E-state index is 14.5. The Morgan fingerprint density at radius 1 is 0.940 bits per heavy atom. The van der Waals surface area contributed by atoms with Crippen molar-refractivity contribution in [3.05, 3.63) is 46.0 Å². The quantitative estimate of drug-likeness (QED) is 0.114. The van der Waals surface area contributed by atoms with Crippen LogP contribution in [0.4, 0.5) is 0 Å². The highest BCUT2D eigenvalue weighted by atomic mass is 79.9. The van der Waals surface area contributed by atoms with E-state index in [9.17, 15) is 24.9 Å². The second-order valence-electron chi connectivity index (χ2n) is 18.1. The first-order chi connectivity index (χ1) is 23.5. The monoisotopic (exact) mass is 756 g/mol. The third-order valence-corrected chi connectivity index (χ3v) is 16.2. The fourth-order valence-electron chi connectivity index (χ4n) is 12.5. The minimum absolute atomic E-state index is 0.0700. The standard InChI is InChI=1S/C41H61BrN2O6/c1-36(35(49)50-6)16-18-41(34(48)44-21-7-20-43-24-26-8-10-27(42)11-9-26)19-17-39(4)28(29(41)22-36)12-13-32-37(2)23-30(46)33(47)38(3,25-45)31(37)14-15-40(32,39)5/h8-12,29-33,43,45-47H,7,13-25H2,1-6H3,(H,44,48)/t29?,30-,31?,32?,33-,36-,37-,38-,39+,40+,41-/m0/s1. The Balaban J connectivity index is 1.26. The number of hydrogen-bond donors (Lipinski definition) is 5. The Labute approximate surface area is 307 Å². The van der Waals surface area contributed by atoms with Crippen LogP contribution in [0.2, 0.25) is 0 Å². The van der Waals surface area contributed by atoms with E-state index in [0.29, 0.717) is 32.2 Å². The number of ether oxygens (including phenoxy) is 1. The molecule has 0 spiro atoms. The zero-order valence-electron chi connectivity index (χ0n) is 31.1. The third-order valence-electron chi connectivity index (χ3n) is 15.7. The van der Waals surface area contributed by atoms with Crippen LogP contribution >= 0.6 is 15.9 Å². The molecule has 0 bridgehead atoms. The highest BCUT2D eigenvalue weighted by Crippen LogP contribution is 2.75. The molecule has 0 heterocycles. The lowest BCUT2D eigenvalue weighted by Crippen LogP contribution is -2.68. The predicted octanol–water partition coefficient (Wildman–Crippen LogP) is 6.30. The highest BCUT2D eigenvalue weighted by Gasteiger charge is 2.71. The topological polar surface area (TPSA) is 128 Å². The molecule has 1 aromatic rings. The van der Waals surface area contributed by atoms with Gasteiger partial charge in [0.25, 0.3) is 0 Å². The number of aliphatic hydroxyl groups is 3. The number of halogens is 1. The van der Waals surface area contributed by atoms with Crippen molar-refractivity contribution >= 4 is 27.8 Å². The lowest BCUT2D eigenvalue weighted by atomic mass is 9.33. The summed E-state index contributed by atoms with van der Waals surface area (Å²) >= 11 is 3.49. The molecule has 4 saturated carbocycles. The Bertz CT molecular complexity index is 1490. The number of esters is 1. The number of allylic oxidation sites excluding steroid dienone is 2. The summed E-state index contributed by atoms with van der Waals surface area (Å²) in [6.45, 7) is 13.2. The molecule has 278 valence electrons. The second kappa shape index (κ2) is 13.6. The molecule has 0 aromatic heterocycles. The summed E-state index contributed by atoms with van der Waals surface area (Å²) in [7, 11) is 1.47. The number of amides is 1. The van der Waals surface area contributed by atoms with Gasteiger partial charge in [-0.2, -0.15) is 0 Å². The van der Waals surface area contributed by atoms with E-state index in [0.717, 1.165) is 56.1 Å². The van der Waals surface area contributed by atoms with E-state index in [4.69, 9.17) is 4.74 Å². The lowest BCUT2D eigenvalue weighted by molar-refractivity contribution is -0.243. The van der Waals surface area contributed by atoms with E-state index in [-0.39, 0.29) is 52.5 Å². The average Bonchev–Trinajstić information content (AvgIpc) is 3.09. The number of methoxy groups -OCH3 is 1. The SMILES string of the molecule is COC(=O)[C@@]1(C)CC[C@]2(C(=O)NCCCNCc3ccc(Br)cc3)CC[C@]3(C)C(=CCC4[C@@]5(C)C[C@H](O)[C@H](O)[C@@](C)(CO)C5CC[C@]43C)C2C1. The molecule has 5 N–H and O–H groups in total. The van der Waals surface area contributed by atoms with Crippen LogP contribution < -0.4 is 10.6 Å². The first-order valence-electron chi connectivity index (χ1n) is 19.0. The van der Waals surface area contributed by atoms with Crippen molar-refractivity contribution in [1.29, 1.82) is 0 Å². The molecule has 5 aliphatic rings. The molecule has 11 atom stereocenters. The molecule has 0 saturated heterocycles. The van der Waals surface area contributed by atoms with E-state index in [2.05, 4.69) is 65.5 Å². The Morgan fingerprint density at radius 3 is 2.32 bits per heavy atom. The number of rotatable bonds is 9. The normalized spacial score (nSPS) is 43.7. The zero-order valence-corrected chi connectivity index (χ0v) is 32.7. The van der Waals surface area contributed by atoms with Gasteiger partial charge < -0.3 is 30.7 Å². The fraction of sp³-hybridized carbons (Fsp3) is 0.756. The molecule has 0 aliphatic heterocycles. The first kappa shape index (κ1) is 38.0. The lowest BCUT2D eigenvalue weighted by Gasteiger charge is -2.71. The van der Waals surface area contributed by atoms with Crippen molar-refractivity contribution in [2.45, 2.75) is 118 Å². The predicted molar refractivity (Wildman–Crippen MR) is 198 cm³/mol. The summed E-state index contributed by atoms with van der Waals surface area (Å²) in [5.74, 6) is 0.195. The van der Waals surface area contributed by atoms with Crippen LogP contribution in [0.15, 0.2) is 40.4 Å². The number of fused-ring (bicyclic) bond motifs is 7. The van der Waals surface area contributed by atoms with Gasteiger partial charge in [0.1, 0.15) is 0 Å². The molecule has 8 nitrogen and oxygen atoms in total. The van der Waals surface area contributed by atoms with E-state index in [1.165, 1.54) is 18.2 Å². The van der Waals surface area contributed by atoms with Gasteiger partial charge in [0.15, 0.2) is 0 Å². The van der Waals surface area contributed by atoms with Gasteiger partial charge in [-0.15, -0.1) is 0 Å². The average molecular weight is 758 g/mol. The number of nitrogens with one attached hydrogen (secondary N) is 2. The van der Waals surface area contributed by atoms with Crippen molar-refractivity contribution in [2.75, 3.05) is 26.8 Å². The summed E-state index contributed by atoms with van der Waals surface area (Å²) in [5.41, 5.74) is -0.00615. The smallest absolute Gasteiger partial charge is 0.311 e. The number of carbonyl (C=O) groups is 2. The van der Waals surface area contributed by atoms with Crippen LogP contribution in [0, 0.1) is 50.2 Å². The van der Waals surface area contributed by atoms with E-state index in [1.54, 1.807) is 0 Å². The molecule has 50 heavy (non-hydrogen) atoms. The molecule has 4 fully saturated rings. The molecule has 9 heteroatoms. The van der Waals surface area contributed by atoms with Gasteiger partial charge >= 0.3 is 5.97 Å². The Kier molecular flexibility index (Phi) is 10.3. The van der Waals surface area contributed by atoms with Crippen LogP contribution in [0.3, 0.4) is 0 Å². The molecular formula is C41H61BrN2O6. The first-order valence-corrected chi connectivity index (χ1v) is 19.8. The van der Waals surface area contributed by atoms with Crippen molar-refractivity contribution in [3.8, 4) is 0 Å². The molecule has 1 amide bonds. The van der Waals surface area contributed by atoms with Gasteiger partial charge in [0.2, 0.25) is 5.91 Å². The maximum Gasteiger partial charge on any atom is 0.311 e. The summed E-state index contributed by atoms with van der Waals surface area (Å²) in [6, 6.07) is 8.29. The maximum atomic E-state index is 14.5. The number of aliphatic hydroxyl groups excluding tert-OH is 3. The summed E-state index contributed by atoms with van der Waals surface area (Å²) in [4.78, 5) is 27.8. The van der Waals surface area contributed by atoms with E-state index >= 15 is 0 Å². The van der Waals surface area contributed by atoms with Crippen molar-refractivity contribution < 1.29 is 29.6 Å². The van der Waals surface area contributed by atoms with E-state index < -0.39 is 28.5 Å². The molecule has 5 aliphatic carbocycles. The minimum Gasteiger partial charge on any atom is -0.469 e. The molecule has 1 aromatic carbocycles. The van der Waals surface area contributed by atoms with Crippen LogP contribution in [-0.4, -0.2) is 66.2 Å². The van der Waals surface area contributed by atoms with Crippen molar-refractivity contribution in [1.82, 2.24) is 10.6 Å². The van der Waals surface area contributed by atoms with Crippen LogP contribution in [0.1, 0.15) is 104 Å². The molecular weight excluding hydrogens is 696 g/mol. The largest absolute Gasteiger partial charge is 0.469 e. The van der Waals surface area contributed by atoms with Gasteiger partial charge in [-0.3, -0.25) is 9.59 Å². The Hall–Kier alpha value is -1.78. The van der Waals surface area contributed by atoms with E-state index in [1.807, 2.05) is 26.0 Å². The molecule has 6 rings (SSSR count). The highest BCUT2D eigenvalue weighted by molar-refractivity contribution is 9.10. The minimum atomic E-state index is -0.949. The number of benzene rings is 1. The van der Waals surface area contributed by atoms with Gasteiger partial charge in [-0.25, -0.2) is 0 Å². The van der Waals surface area contributed by atoms with Crippen molar-refractivity contribution in [3.63, 3.8) is 0 Å². The zero-order chi connectivity index (χ0) is 36.3. The second-order valence-corrected chi connectivity index (χ2v) is 19.0. The van der Waals surface area contributed by atoms with Crippen LogP contribution in [0.25, 0.3) is 0 Å². The number of carbonyl (C=O) groups excluding carboxylic acids is 2. The third kappa shape index (κ3) is 5.75. The molecule has 0 radical (unpaired) electrons. The van der Waals surface area contributed by atoms with Crippen molar-refractivity contribution in [2.24, 2.45) is 50.2 Å². The van der Waals surface area contributed by atoms with Crippen LogP contribution in [-0.2, 0) is 20.9 Å². The number of hydrogen-bond acceptors (Lipinski definition) is 7.